The van der Waals surface area contributed by atoms with Crippen molar-refractivity contribution < 1.29 is 23.7 Å². The Morgan fingerprint density at radius 1 is 1.42 bits per heavy atom. The summed E-state index contributed by atoms with van der Waals surface area (Å²) in [4.78, 5) is 17.6. The van der Waals surface area contributed by atoms with Crippen molar-refractivity contribution in [3.8, 4) is 10.4 Å². The van der Waals surface area contributed by atoms with Gasteiger partial charge in [-0.2, -0.15) is 0 Å². The van der Waals surface area contributed by atoms with Crippen LogP contribution in [-0.4, -0.2) is 39.0 Å². The fraction of sp³-hybridized carbons (Fsp3) is 0.400. The number of hydrogen-bond donors (Lipinski definition) is 2. The van der Waals surface area contributed by atoms with E-state index in [9.17, 15) is 9.18 Å². The predicted molar refractivity (Wildman–Crippen MR) is 113 cm³/mol. The van der Waals surface area contributed by atoms with Crippen molar-refractivity contribution in [2.24, 2.45) is 14.1 Å². The van der Waals surface area contributed by atoms with Gasteiger partial charge in [-0.15, -0.1) is 16.0 Å². The Labute approximate surface area is 182 Å². The first-order valence-corrected chi connectivity index (χ1v) is 10.7. The molecule has 2 aromatic heterocycles. The molecule has 3 aromatic rings. The Morgan fingerprint density at radius 2 is 2.23 bits per heavy atom. The number of aromatic nitrogens is 4. The number of amides is 1. The lowest BCUT2D eigenvalue weighted by Gasteiger charge is -2.14. The molecule has 31 heavy (non-hydrogen) atoms. The van der Waals surface area contributed by atoms with E-state index in [-0.39, 0.29) is 6.61 Å². The minimum atomic E-state index is -0.722. The molecule has 0 fully saturated rings. The number of benzene rings is 1. The second-order valence-electron chi connectivity index (χ2n) is 7.36. The van der Waals surface area contributed by atoms with E-state index in [0.29, 0.717) is 30.8 Å². The van der Waals surface area contributed by atoms with Gasteiger partial charge >= 0.3 is 12.0 Å². The molecule has 0 saturated carbocycles. The van der Waals surface area contributed by atoms with Gasteiger partial charge in [-0.25, -0.2) is 9.18 Å². The molecule has 9 nitrogen and oxygen atoms in total. The van der Waals surface area contributed by atoms with E-state index in [1.807, 2.05) is 13.1 Å². The molecule has 1 atom stereocenters. The molecule has 1 unspecified atom stereocenters. The number of anilines is 2. The van der Waals surface area contributed by atoms with Crippen LogP contribution >= 0.6 is 11.3 Å². The number of fused-ring (bicyclic) bond motifs is 1. The number of rotatable bonds is 6. The normalized spacial score (nSPS) is 13.9. The van der Waals surface area contributed by atoms with E-state index in [1.54, 1.807) is 42.1 Å². The number of halogens is 1. The number of carbonyl (C=O) groups is 1. The van der Waals surface area contributed by atoms with Crippen LogP contribution < -0.4 is 14.9 Å². The summed E-state index contributed by atoms with van der Waals surface area (Å²) in [6.45, 7) is 2.93. The molecule has 0 aliphatic carbocycles. The Morgan fingerprint density at radius 3 is 2.84 bits per heavy atom. The van der Waals surface area contributed by atoms with Gasteiger partial charge in [0.15, 0.2) is 0 Å². The van der Waals surface area contributed by atoms with E-state index in [1.165, 1.54) is 15.7 Å². The highest BCUT2D eigenvalue weighted by Gasteiger charge is 2.31. The van der Waals surface area contributed by atoms with Crippen molar-refractivity contribution in [1.82, 2.24) is 15.1 Å². The molecular weight excluding hydrogens is 423 g/mol. The maximum atomic E-state index is 14.8. The van der Waals surface area contributed by atoms with Crippen molar-refractivity contribution >= 4 is 29.1 Å². The van der Waals surface area contributed by atoms with Crippen molar-refractivity contribution in [3.63, 3.8) is 0 Å². The van der Waals surface area contributed by atoms with Gasteiger partial charge in [0.1, 0.15) is 19.0 Å². The highest BCUT2D eigenvalue weighted by atomic mass is 32.1. The maximum absolute atomic E-state index is 14.8. The van der Waals surface area contributed by atoms with Crippen LogP contribution in [0.25, 0.3) is 10.4 Å². The van der Waals surface area contributed by atoms with E-state index in [4.69, 9.17) is 9.84 Å². The molecule has 0 bridgehead atoms. The lowest BCUT2D eigenvalue weighted by molar-refractivity contribution is -0.721. The van der Waals surface area contributed by atoms with Gasteiger partial charge in [0, 0.05) is 26.2 Å². The van der Waals surface area contributed by atoms with Crippen molar-refractivity contribution in [1.29, 1.82) is 0 Å². The van der Waals surface area contributed by atoms with Crippen LogP contribution in [0, 0.1) is 5.82 Å². The summed E-state index contributed by atoms with van der Waals surface area (Å²) in [6, 6.07) is 6.56. The Balaban J connectivity index is 1.45. The zero-order chi connectivity index (χ0) is 22.1. The van der Waals surface area contributed by atoms with Crippen molar-refractivity contribution in [2.45, 2.75) is 32.5 Å². The lowest BCUT2D eigenvalue weighted by atomic mass is 10.1. The number of aryl methyl sites for hydroxylation is 2. The van der Waals surface area contributed by atoms with Gasteiger partial charge in [-0.3, -0.25) is 10.2 Å². The zero-order valence-electron chi connectivity index (χ0n) is 17.5. The van der Waals surface area contributed by atoms with Gasteiger partial charge in [-0.05, 0) is 36.2 Å². The van der Waals surface area contributed by atoms with Gasteiger partial charge in [0.25, 0.3) is 0 Å². The number of aliphatic hydroxyl groups is 1. The zero-order valence-corrected chi connectivity index (χ0v) is 18.3. The molecule has 1 aromatic carbocycles. The fourth-order valence-corrected chi connectivity index (χ4v) is 4.72. The Kier molecular flexibility index (Phi) is 5.88. The largest absolute Gasteiger partial charge is 0.444 e. The van der Waals surface area contributed by atoms with Crippen LogP contribution in [0.15, 0.2) is 24.3 Å². The predicted octanol–water partition coefficient (Wildman–Crippen LogP) is 2.35. The van der Waals surface area contributed by atoms with Gasteiger partial charge in [0.2, 0.25) is 0 Å². The molecule has 1 amide bonds. The SMILES string of the molecule is CCC(CO)OC(=O)Nc1ccc(-c2cc3c(s2)CN(c2nn(C)n[n+]2C)C3)c(F)c1. The van der Waals surface area contributed by atoms with Crippen LogP contribution in [0.5, 0.6) is 0 Å². The van der Waals surface area contributed by atoms with Crippen LogP contribution in [0.4, 0.5) is 20.8 Å². The molecule has 2 N–H and O–H groups in total. The number of aliphatic hydroxyl groups excluding tert-OH is 1. The third-order valence-electron chi connectivity index (χ3n) is 5.08. The number of tetrazole rings is 1. The highest BCUT2D eigenvalue weighted by Crippen LogP contribution is 2.38. The molecule has 164 valence electrons. The number of ether oxygens (including phenoxy) is 1. The number of hydrogen-bond acceptors (Lipinski definition) is 7. The molecule has 1 aliphatic rings. The smallest absolute Gasteiger partial charge is 0.411 e. The van der Waals surface area contributed by atoms with E-state index >= 15 is 0 Å². The minimum absolute atomic E-state index is 0.257. The standard InChI is InChI=1S/C20H23FN6O3S/c1-4-14(11-28)30-20(29)22-13-5-6-15(16(21)8-13)17-7-12-9-27(10-18(12)31-17)19-23-26(3)24-25(19)2/h5-8,14,28H,4,9-11H2,1-3H3/p+1. The Bertz CT molecular complexity index is 1090. The summed E-state index contributed by atoms with van der Waals surface area (Å²) in [5.74, 6) is 0.358. The second kappa shape index (κ2) is 8.60. The fourth-order valence-electron chi connectivity index (χ4n) is 3.50. The first kappa shape index (κ1) is 21.2. The van der Waals surface area contributed by atoms with Crippen molar-refractivity contribution in [3.05, 3.63) is 40.5 Å². The van der Waals surface area contributed by atoms with Gasteiger partial charge in [0.05, 0.1) is 31.8 Å². The second-order valence-corrected chi connectivity index (χ2v) is 8.49. The quantitative estimate of drug-likeness (QED) is 0.563. The van der Waals surface area contributed by atoms with Gasteiger partial charge < -0.3 is 9.84 Å². The molecule has 0 saturated heterocycles. The first-order chi connectivity index (χ1) is 14.9. The molecule has 11 heteroatoms. The summed E-state index contributed by atoms with van der Waals surface area (Å²) in [6.07, 6.45) is -0.811. The van der Waals surface area contributed by atoms with Crippen LogP contribution in [-0.2, 0) is 31.9 Å². The first-order valence-electron chi connectivity index (χ1n) is 9.90. The maximum Gasteiger partial charge on any atom is 0.411 e. The van der Waals surface area contributed by atoms with Crippen LogP contribution in [0.1, 0.15) is 23.8 Å². The third kappa shape index (κ3) is 4.37. The summed E-state index contributed by atoms with van der Waals surface area (Å²) in [5, 5.41) is 20.2. The van der Waals surface area contributed by atoms with E-state index < -0.39 is 18.0 Å². The molecule has 0 radical (unpaired) electrons. The number of thiophene rings is 1. The van der Waals surface area contributed by atoms with Crippen LogP contribution in [0.2, 0.25) is 0 Å². The molecule has 3 heterocycles. The molecule has 1 aliphatic heterocycles. The topological polar surface area (TPSA) is 96.4 Å². The summed E-state index contributed by atoms with van der Waals surface area (Å²) in [7, 11) is 3.64. The molecular formula is C20H24FN6O3S+. The summed E-state index contributed by atoms with van der Waals surface area (Å²) in [5.41, 5.74) is 1.92. The average molecular weight is 448 g/mol. The monoisotopic (exact) mass is 447 g/mol. The average Bonchev–Trinajstić information content (AvgIpc) is 3.38. The highest BCUT2D eigenvalue weighted by molar-refractivity contribution is 7.15. The van der Waals surface area contributed by atoms with E-state index in [0.717, 1.165) is 16.4 Å². The summed E-state index contributed by atoms with van der Waals surface area (Å²) < 4.78 is 21.6. The van der Waals surface area contributed by atoms with Crippen LogP contribution in [0.3, 0.4) is 0 Å². The minimum Gasteiger partial charge on any atom is -0.444 e. The number of nitrogens with one attached hydrogen (secondary N) is 1. The summed E-state index contributed by atoms with van der Waals surface area (Å²) >= 11 is 1.55. The third-order valence-corrected chi connectivity index (χ3v) is 6.27. The molecule has 0 spiro atoms. The van der Waals surface area contributed by atoms with Gasteiger partial charge in [-0.1, -0.05) is 11.7 Å². The number of nitrogens with zero attached hydrogens (tertiary/aromatic N) is 5. The lowest BCUT2D eigenvalue weighted by Crippen LogP contribution is -2.38. The van der Waals surface area contributed by atoms with E-state index in [2.05, 4.69) is 20.5 Å². The number of carbonyl (C=O) groups excluding carboxylic acids is 1. The Hall–Kier alpha value is -3.05. The molecule has 4 rings (SSSR count). The van der Waals surface area contributed by atoms with Crippen molar-refractivity contribution in [2.75, 3.05) is 16.8 Å².